The zero-order valence-corrected chi connectivity index (χ0v) is 58.5. The lowest BCUT2D eigenvalue weighted by molar-refractivity contribution is -0.161. The van der Waals surface area contributed by atoms with Crippen LogP contribution in [0.2, 0.25) is 0 Å². The number of aliphatic hydroxyl groups excluding tert-OH is 1. The van der Waals surface area contributed by atoms with E-state index in [9.17, 15) is 43.2 Å². The second kappa shape index (κ2) is 63.8. The molecule has 0 fully saturated rings. The van der Waals surface area contributed by atoms with Crippen molar-refractivity contribution in [3.05, 3.63) is 0 Å². The lowest BCUT2D eigenvalue weighted by atomic mass is 10.0. The number of phosphoric acid groups is 2. The van der Waals surface area contributed by atoms with Gasteiger partial charge in [-0.2, -0.15) is 0 Å². The summed E-state index contributed by atoms with van der Waals surface area (Å²) < 4.78 is 67.9. The molecule has 0 saturated carbocycles. The molecule has 0 radical (unpaired) electrons. The molecule has 0 aromatic carbocycles. The van der Waals surface area contributed by atoms with Gasteiger partial charge in [-0.3, -0.25) is 37.3 Å². The maximum absolute atomic E-state index is 13.0. The van der Waals surface area contributed by atoms with Crippen molar-refractivity contribution in [3.63, 3.8) is 0 Å². The second-order valence-electron chi connectivity index (χ2n) is 24.9. The maximum atomic E-state index is 13.0. The first kappa shape index (κ1) is 86.1. The van der Waals surface area contributed by atoms with Crippen molar-refractivity contribution in [2.45, 2.75) is 380 Å². The lowest BCUT2D eigenvalue weighted by Crippen LogP contribution is -2.30. The van der Waals surface area contributed by atoms with Gasteiger partial charge in [-0.05, 0) is 25.7 Å². The van der Waals surface area contributed by atoms with E-state index in [-0.39, 0.29) is 25.7 Å². The topological polar surface area (TPSA) is 237 Å². The number of carbonyl (C=O) groups is 4. The third kappa shape index (κ3) is 62.8. The predicted octanol–water partition coefficient (Wildman–Crippen LogP) is 19.9. The summed E-state index contributed by atoms with van der Waals surface area (Å²) in [5.41, 5.74) is 0. The van der Waals surface area contributed by atoms with Gasteiger partial charge in [-0.1, -0.05) is 310 Å². The number of hydrogen-bond donors (Lipinski definition) is 3. The largest absolute Gasteiger partial charge is 0.472 e. The number of unbranched alkanes of at least 4 members (excludes halogenated alkanes) is 44. The van der Waals surface area contributed by atoms with E-state index in [0.717, 1.165) is 96.3 Å². The molecule has 2 unspecified atom stereocenters. The first-order valence-corrected chi connectivity index (χ1v) is 39.3. The minimum Gasteiger partial charge on any atom is -0.462 e. The standard InChI is InChI=1S/C69H134O17P2/c1-5-9-13-17-20-23-25-27-28-29-30-31-32-33-34-35-36-38-41-44-48-52-56-69(74)86-65(60-80-67(72)54-50-46-42-40-37-26-24-21-18-14-10-6-2)62-84-88(77,78)82-58-63(70)57-81-87(75,76)83-61-64(59-79-66(71)53-49-45-16-12-8-4)85-68(73)55-51-47-43-39-22-19-15-11-7-3/h63-65,70H,5-62H2,1-4H3,(H,75,76)(H,77,78)/t63-,64+,65+/m0/s1. The Bertz CT molecular complexity index is 1690. The molecule has 0 bridgehead atoms. The molecular formula is C69H134O17P2. The number of phosphoric ester groups is 2. The molecule has 0 aliphatic rings. The molecule has 0 heterocycles. The molecule has 5 atom stereocenters. The molecule has 0 aromatic rings. The summed E-state index contributed by atoms with van der Waals surface area (Å²) in [6.45, 7) is 4.82. The van der Waals surface area contributed by atoms with Crippen LogP contribution in [-0.2, 0) is 65.4 Å². The SMILES string of the molecule is CCCCCCCCCCCCCCCCCCCCCCCCC(=O)O[C@H](COC(=O)CCCCCCCCCCCCCC)COP(=O)(O)OC[C@@H](O)COP(=O)(O)OC[C@@H](COC(=O)CCCCCCC)OC(=O)CCCCCCCCCCC. The Labute approximate surface area is 537 Å². The molecule has 0 amide bonds. The summed E-state index contributed by atoms with van der Waals surface area (Å²) in [4.78, 5) is 72.1. The number of hydrogen-bond acceptors (Lipinski definition) is 15. The number of ether oxygens (including phenoxy) is 4. The molecule has 0 saturated heterocycles. The van der Waals surface area contributed by atoms with E-state index < -0.39 is 97.5 Å². The molecule has 0 aliphatic heterocycles. The fourth-order valence-electron chi connectivity index (χ4n) is 10.5. The van der Waals surface area contributed by atoms with Gasteiger partial charge in [-0.15, -0.1) is 0 Å². The van der Waals surface area contributed by atoms with Crippen LogP contribution in [0, 0.1) is 0 Å². The highest BCUT2D eigenvalue weighted by Crippen LogP contribution is 2.45. The van der Waals surface area contributed by atoms with Crippen molar-refractivity contribution in [3.8, 4) is 0 Å². The van der Waals surface area contributed by atoms with Crippen molar-refractivity contribution in [2.24, 2.45) is 0 Å². The summed E-state index contributed by atoms with van der Waals surface area (Å²) in [7, 11) is -9.88. The van der Waals surface area contributed by atoms with Gasteiger partial charge < -0.3 is 33.8 Å². The Morgan fingerprint density at radius 3 is 0.670 bits per heavy atom. The van der Waals surface area contributed by atoms with Gasteiger partial charge in [0, 0.05) is 25.7 Å². The van der Waals surface area contributed by atoms with Crippen molar-refractivity contribution in [1.29, 1.82) is 0 Å². The van der Waals surface area contributed by atoms with E-state index in [0.29, 0.717) is 25.7 Å². The monoisotopic (exact) mass is 1300 g/mol. The number of esters is 4. The Morgan fingerprint density at radius 2 is 0.455 bits per heavy atom. The van der Waals surface area contributed by atoms with Crippen LogP contribution in [0.5, 0.6) is 0 Å². The summed E-state index contributed by atoms with van der Waals surface area (Å²) >= 11 is 0. The normalized spacial score (nSPS) is 14.0. The molecule has 0 aromatic heterocycles. The van der Waals surface area contributed by atoms with E-state index in [1.54, 1.807) is 0 Å². The van der Waals surface area contributed by atoms with Crippen LogP contribution in [0.15, 0.2) is 0 Å². The minimum atomic E-state index is -4.95. The van der Waals surface area contributed by atoms with Gasteiger partial charge in [0.25, 0.3) is 0 Å². The molecular weight excluding hydrogens is 1160 g/mol. The van der Waals surface area contributed by atoms with Crippen LogP contribution in [0.3, 0.4) is 0 Å². The smallest absolute Gasteiger partial charge is 0.462 e. The third-order valence-electron chi connectivity index (χ3n) is 16.1. The fraction of sp³-hybridized carbons (Fsp3) is 0.942. The van der Waals surface area contributed by atoms with Crippen LogP contribution in [0.1, 0.15) is 362 Å². The second-order valence-corrected chi connectivity index (χ2v) is 27.8. The van der Waals surface area contributed by atoms with Crippen LogP contribution >= 0.6 is 15.6 Å². The van der Waals surface area contributed by atoms with Gasteiger partial charge in [-0.25, -0.2) is 9.13 Å². The number of rotatable bonds is 70. The summed E-state index contributed by atoms with van der Waals surface area (Å²) in [5, 5.41) is 10.5. The molecule has 0 rings (SSSR count). The van der Waals surface area contributed by atoms with Gasteiger partial charge in [0.2, 0.25) is 0 Å². The van der Waals surface area contributed by atoms with Gasteiger partial charge in [0.15, 0.2) is 12.2 Å². The molecule has 0 spiro atoms. The number of aliphatic hydroxyl groups is 1. The van der Waals surface area contributed by atoms with Crippen molar-refractivity contribution in [2.75, 3.05) is 39.6 Å². The summed E-state index contributed by atoms with van der Waals surface area (Å²) in [6, 6.07) is 0. The van der Waals surface area contributed by atoms with Crippen molar-refractivity contribution < 1.29 is 80.2 Å². The van der Waals surface area contributed by atoms with E-state index in [1.807, 2.05) is 0 Å². The summed E-state index contributed by atoms with van der Waals surface area (Å²) in [6.07, 6.45) is 51.9. The van der Waals surface area contributed by atoms with Crippen LogP contribution in [0.25, 0.3) is 0 Å². The Balaban J connectivity index is 5.06. The first-order chi connectivity index (χ1) is 42.7. The Morgan fingerprint density at radius 1 is 0.273 bits per heavy atom. The van der Waals surface area contributed by atoms with Crippen LogP contribution in [0.4, 0.5) is 0 Å². The molecule has 3 N–H and O–H groups in total. The van der Waals surface area contributed by atoms with Crippen molar-refractivity contribution in [1.82, 2.24) is 0 Å². The van der Waals surface area contributed by atoms with E-state index in [4.69, 9.17) is 37.0 Å². The number of carbonyl (C=O) groups excluding carboxylic acids is 4. The predicted molar refractivity (Wildman–Crippen MR) is 354 cm³/mol. The fourth-order valence-corrected chi connectivity index (χ4v) is 12.1. The minimum absolute atomic E-state index is 0.105. The molecule has 88 heavy (non-hydrogen) atoms. The average molecular weight is 1300 g/mol. The highest BCUT2D eigenvalue weighted by molar-refractivity contribution is 7.47. The third-order valence-corrected chi connectivity index (χ3v) is 18.0. The van der Waals surface area contributed by atoms with Crippen LogP contribution in [-0.4, -0.2) is 96.7 Å². The molecule has 19 heteroatoms. The van der Waals surface area contributed by atoms with Gasteiger partial charge in [0.1, 0.15) is 19.3 Å². The Kier molecular flexibility index (Phi) is 62.4. The highest BCUT2D eigenvalue weighted by atomic mass is 31.2. The summed E-state index contributed by atoms with van der Waals surface area (Å²) in [5.74, 6) is -2.14. The first-order valence-electron chi connectivity index (χ1n) is 36.3. The quantitative estimate of drug-likeness (QED) is 0.0222. The highest BCUT2D eigenvalue weighted by Gasteiger charge is 2.30. The molecule has 0 aliphatic carbocycles. The van der Waals surface area contributed by atoms with Gasteiger partial charge in [0.05, 0.1) is 26.4 Å². The van der Waals surface area contributed by atoms with E-state index in [2.05, 4.69) is 27.7 Å². The Hall–Kier alpha value is -1.94. The maximum Gasteiger partial charge on any atom is 0.472 e. The van der Waals surface area contributed by atoms with Crippen molar-refractivity contribution >= 4 is 39.5 Å². The lowest BCUT2D eigenvalue weighted by Gasteiger charge is -2.21. The zero-order valence-electron chi connectivity index (χ0n) is 56.7. The average Bonchev–Trinajstić information content (AvgIpc) is 3.70. The van der Waals surface area contributed by atoms with Crippen LogP contribution < -0.4 is 0 Å². The molecule has 17 nitrogen and oxygen atoms in total. The van der Waals surface area contributed by atoms with E-state index >= 15 is 0 Å². The zero-order chi connectivity index (χ0) is 64.7. The van der Waals surface area contributed by atoms with E-state index in [1.165, 1.54) is 186 Å². The molecule has 522 valence electrons. The van der Waals surface area contributed by atoms with Gasteiger partial charge >= 0.3 is 39.5 Å².